The van der Waals surface area contributed by atoms with E-state index < -0.39 is 22.5 Å². The third-order valence-corrected chi connectivity index (χ3v) is 6.02. The van der Waals surface area contributed by atoms with E-state index in [9.17, 15) is 18.0 Å². The lowest BCUT2D eigenvalue weighted by atomic mass is 10.1. The molecule has 1 amide bonds. The number of carbonyl (C=O) groups excluding carboxylic acids is 1. The Labute approximate surface area is 169 Å². The number of carbonyl (C=O) groups is 2. The van der Waals surface area contributed by atoms with E-state index in [1.165, 1.54) is 35.6 Å². The second-order valence-electron chi connectivity index (χ2n) is 5.98. The molecule has 3 N–H and O–H groups in total. The first kappa shape index (κ1) is 20.6. The average molecular weight is 435 g/mol. The third-order valence-electron chi connectivity index (χ3n) is 3.83. The first-order chi connectivity index (χ1) is 13.7. The zero-order chi connectivity index (χ0) is 21.0. The van der Waals surface area contributed by atoms with Crippen molar-refractivity contribution in [2.75, 3.05) is 6.54 Å². The van der Waals surface area contributed by atoms with Crippen molar-refractivity contribution in [2.24, 2.45) is 5.10 Å². The van der Waals surface area contributed by atoms with Crippen LogP contribution in [-0.2, 0) is 26.0 Å². The number of amides is 1. The molecule has 0 radical (unpaired) electrons. The number of hydrazone groups is 1. The fraction of sp³-hybridized carbons (Fsp3) is 0.176. The molecule has 12 heteroatoms. The highest BCUT2D eigenvalue weighted by Gasteiger charge is 2.15. The zero-order valence-corrected chi connectivity index (χ0v) is 16.8. The molecule has 0 unspecified atom stereocenters. The van der Waals surface area contributed by atoms with Crippen molar-refractivity contribution < 1.29 is 23.1 Å². The van der Waals surface area contributed by atoms with Gasteiger partial charge in [0.25, 0.3) is 0 Å². The van der Waals surface area contributed by atoms with Gasteiger partial charge in [0.05, 0.1) is 22.7 Å². The van der Waals surface area contributed by atoms with Crippen LogP contribution in [0.5, 0.6) is 0 Å². The van der Waals surface area contributed by atoms with Crippen molar-refractivity contribution in [3.63, 3.8) is 0 Å². The van der Waals surface area contributed by atoms with Crippen molar-refractivity contribution >= 4 is 43.9 Å². The van der Waals surface area contributed by atoms with Crippen molar-refractivity contribution in [3.05, 3.63) is 53.3 Å². The van der Waals surface area contributed by atoms with Crippen molar-refractivity contribution in [3.8, 4) is 0 Å². The highest BCUT2D eigenvalue weighted by Crippen LogP contribution is 2.12. The molecule has 0 fully saturated rings. The first-order valence-electron chi connectivity index (χ1n) is 8.31. The number of aromatic nitrogens is 2. The van der Waals surface area contributed by atoms with Gasteiger partial charge in [-0.25, -0.2) is 18.8 Å². The van der Waals surface area contributed by atoms with Crippen LogP contribution in [0.2, 0.25) is 0 Å². The molecule has 0 aliphatic carbocycles. The summed E-state index contributed by atoms with van der Waals surface area (Å²) >= 11 is 1.47. The number of benzene rings is 1. The molecule has 0 saturated carbocycles. The number of nitrogens with one attached hydrogen (secondary N) is 2. The fourth-order valence-electron chi connectivity index (χ4n) is 2.39. The average Bonchev–Trinajstić information content (AvgIpc) is 3.26. The molecule has 2 aromatic heterocycles. The number of carboxylic acids is 1. The Morgan fingerprint density at radius 3 is 2.66 bits per heavy atom. The van der Waals surface area contributed by atoms with Gasteiger partial charge in [0.15, 0.2) is 4.96 Å². The number of nitrogens with zero attached hydrogens (tertiary/aromatic N) is 3. The highest BCUT2D eigenvalue weighted by atomic mass is 32.2. The number of hydrogen-bond acceptors (Lipinski definition) is 7. The number of carboxylic acid groups (broad SMARTS) is 1. The summed E-state index contributed by atoms with van der Waals surface area (Å²) in [4.78, 5) is 27.6. The molecule has 0 spiro atoms. The van der Waals surface area contributed by atoms with Gasteiger partial charge in [0.2, 0.25) is 15.9 Å². The quantitative estimate of drug-likeness (QED) is 0.354. The summed E-state index contributed by atoms with van der Waals surface area (Å²) in [7, 11) is -3.91. The summed E-state index contributed by atoms with van der Waals surface area (Å²) in [5.74, 6) is -1.61. The molecule has 1 aromatic carbocycles. The molecule has 152 valence electrons. The van der Waals surface area contributed by atoms with Gasteiger partial charge in [-0.1, -0.05) is 12.1 Å². The maximum Gasteiger partial charge on any atom is 0.318 e. The monoisotopic (exact) mass is 435 g/mol. The van der Waals surface area contributed by atoms with E-state index in [-0.39, 0.29) is 17.2 Å². The third kappa shape index (κ3) is 5.25. The van der Waals surface area contributed by atoms with E-state index in [2.05, 4.69) is 15.5 Å². The van der Waals surface area contributed by atoms with Gasteiger partial charge < -0.3 is 5.11 Å². The molecule has 3 rings (SSSR count). The normalized spacial score (nSPS) is 12.2. The first-order valence-corrected chi connectivity index (χ1v) is 10.7. The Morgan fingerprint density at radius 2 is 2.00 bits per heavy atom. The van der Waals surface area contributed by atoms with Gasteiger partial charge in [-0.05, 0) is 24.6 Å². The molecule has 0 bridgehead atoms. The molecular weight excluding hydrogens is 418 g/mol. The molecule has 29 heavy (non-hydrogen) atoms. The minimum absolute atomic E-state index is 0.0703. The van der Waals surface area contributed by atoms with Crippen LogP contribution in [0.4, 0.5) is 0 Å². The predicted octanol–water partition coefficient (Wildman–Crippen LogP) is 0.842. The van der Waals surface area contributed by atoms with Gasteiger partial charge in [-0.15, -0.1) is 11.3 Å². The van der Waals surface area contributed by atoms with Crippen LogP contribution in [0.25, 0.3) is 4.96 Å². The van der Waals surface area contributed by atoms with Crippen LogP contribution in [0.15, 0.2) is 52.0 Å². The second kappa shape index (κ2) is 8.51. The number of hydrogen-bond donors (Lipinski definition) is 3. The van der Waals surface area contributed by atoms with Crippen LogP contribution < -0.4 is 10.1 Å². The van der Waals surface area contributed by atoms with Gasteiger partial charge in [-0.3, -0.25) is 14.0 Å². The van der Waals surface area contributed by atoms with E-state index in [4.69, 9.17) is 5.11 Å². The maximum absolute atomic E-state index is 12.1. The largest absolute Gasteiger partial charge is 0.480 e. The molecule has 10 nitrogen and oxygen atoms in total. The zero-order valence-electron chi connectivity index (χ0n) is 15.2. The summed E-state index contributed by atoms with van der Waals surface area (Å²) in [6.45, 7) is 0.963. The number of aliphatic carboxylic acids is 1. The van der Waals surface area contributed by atoms with Crippen LogP contribution in [0, 0.1) is 0 Å². The van der Waals surface area contributed by atoms with Gasteiger partial charge in [0, 0.05) is 17.8 Å². The topological polar surface area (TPSA) is 142 Å². The number of imidazole rings is 1. The van der Waals surface area contributed by atoms with E-state index in [0.717, 1.165) is 4.96 Å². The highest BCUT2D eigenvalue weighted by molar-refractivity contribution is 7.89. The molecule has 2 heterocycles. The molecule has 0 aliphatic heterocycles. The lowest BCUT2D eigenvalue weighted by molar-refractivity contribution is -0.135. The Morgan fingerprint density at radius 1 is 1.28 bits per heavy atom. The van der Waals surface area contributed by atoms with Gasteiger partial charge in [-0.2, -0.15) is 9.82 Å². The van der Waals surface area contributed by atoms with Crippen LogP contribution in [0.3, 0.4) is 0 Å². The van der Waals surface area contributed by atoms with E-state index in [1.54, 1.807) is 13.1 Å². The summed E-state index contributed by atoms with van der Waals surface area (Å²) in [5, 5.41) is 14.5. The van der Waals surface area contributed by atoms with Crippen molar-refractivity contribution in [1.82, 2.24) is 19.5 Å². The van der Waals surface area contributed by atoms with E-state index in [1.807, 2.05) is 20.7 Å². The summed E-state index contributed by atoms with van der Waals surface area (Å²) < 4.78 is 27.8. The molecular formula is C17H17N5O5S2. The Bertz CT molecular complexity index is 1150. The van der Waals surface area contributed by atoms with Crippen LogP contribution >= 0.6 is 11.3 Å². The standard InChI is InChI=1S/C17H17N5O5S2/c1-11(12-2-4-14(5-3-12)29(26,27)18-9-16(24)25)20-21-15(23)8-13-10-22-6-7-28-17(22)19-13/h2-7,10,18H,8-9H2,1H3,(H,21,23)(H,24,25)/b20-11+. The summed E-state index contributed by atoms with van der Waals surface area (Å²) in [5.41, 5.74) is 4.16. The minimum atomic E-state index is -3.91. The minimum Gasteiger partial charge on any atom is -0.480 e. The van der Waals surface area contributed by atoms with Crippen molar-refractivity contribution in [2.45, 2.75) is 18.2 Å². The number of sulfonamides is 1. The lowest BCUT2D eigenvalue weighted by Crippen LogP contribution is -2.29. The van der Waals surface area contributed by atoms with Crippen LogP contribution in [0.1, 0.15) is 18.2 Å². The van der Waals surface area contributed by atoms with Crippen LogP contribution in [-0.4, -0.2) is 47.0 Å². The molecule has 0 aliphatic rings. The van der Waals surface area contributed by atoms with Crippen molar-refractivity contribution in [1.29, 1.82) is 0 Å². The Kier molecular flexibility index (Phi) is 6.06. The Balaban J connectivity index is 1.61. The second-order valence-corrected chi connectivity index (χ2v) is 8.62. The van der Waals surface area contributed by atoms with Gasteiger partial charge >= 0.3 is 5.97 Å². The summed E-state index contributed by atoms with van der Waals surface area (Å²) in [6, 6.07) is 5.70. The predicted molar refractivity (Wildman–Crippen MR) is 106 cm³/mol. The van der Waals surface area contributed by atoms with Gasteiger partial charge in [0.1, 0.15) is 6.54 Å². The lowest BCUT2D eigenvalue weighted by Gasteiger charge is -2.06. The molecule has 0 atom stereocenters. The molecule has 0 saturated heterocycles. The number of thiazole rings is 1. The number of fused-ring (bicyclic) bond motifs is 1. The molecule has 3 aromatic rings. The van der Waals surface area contributed by atoms with E-state index in [0.29, 0.717) is 17.0 Å². The SMILES string of the molecule is C/C(=N\NC(=O)Cc1cn2ccsc2n1)c1ccc(S(=O)(=O)NCC(=O)O)cc1. The maximum atomic E-state index is 12.1. The fourth-order valence-corrected chi connectivity index (χ4v) is 4.08. The number of rotatable bonds is 8. The van der Waals surface area contributed by atoms with E-state index >= 15 is 0 Å². The summed E-state index contributed by atoms with van der Waals surface area (Å²) in [6.07, 6.45) is 3.72. The smallest absolute Gasteiger partial charge is 0.318 e. The Hall–Kier alpha value is -3.09.